The fourth-order valence-corrected chi connectivity index (χ4v) is 4.41. The Kier molecular flexibility index (Phi) is 6.64. The molecule has 31 heavy (non-hydrogen) atoms. The maximum absolute atomic E-state index is 14.6. The van der Waals surface area contributed by atoms with Crippen LogP contribution in [-0.4, -0.2) is 35.4 Å². The maximum atomic E-state index is 14.6. The van der Waals surface area contributed by atoms with Gasteiger partial charge in [-0.3, -0.25) is 14.9 Å². The van der Waals surface area contributed by atoms with Crippen LogP contribution in [0.25, 0.3) is 0 Å². The van der Waals surface area contributed by atoms with Gasteiger partial charge in [-0.2, -0.15) is 5.10 Å². The van der Waals surface area contributed by atoms with E-state index in [1.54, 1.807) is 18.2 Å². The van der Waals surface area contributed by atoms with Crippen LogP contribution < -0.4 is 10.3 Å². The number of nitrogens with zero attached hydrogens (tertiary/aromatic N) is 3. The fourth-order valence-electron chi connectivity index (χ4n) is 3.72. The summed E-state index contributed by atoms with van der Waals surface area (Å²) in [6.45, 7) is 6.41. The first-order valence-electron chi connectivity index (χ1n) is 9.85. The summed E-state index contributed by atoms with van der Waals surface area (Å²) in [7, 11) is 1.97. The predicted molar refractivity (Wildman–Crippen MR) is 121 cm³/mol. The van der Waals surface area contributed by atoms with E-state index in [0.717, 1.165) is 22.6 Å². The minimum absolute atomic E-state index is 0.00504. The molecule has 0 bridgehead atoms. The molecule has 0 spiro atoms. The fraction of sp³-hybridized carbons (Fsp3) is 0.364. The second-order valence-corrected chi connectivity index (χ2v) is 9.29. The number of nitrogens with one attached hydrogen (secondary N) is 1. The summed E-state index contributed by atoms with van der Waals surface area (Å²) in [4.78, 5) is 25.0. The summed E-state index contributed by atoms with van der Waals surface area (Å²) < 4.78 is 14.6. The van der Waals surface area contributed by atoms with Gasteiger partial charge in [-0.15, -0.1) is 11.8 Å². The lowest BCUT2D eigenvalue weighted by atomic mass is 9.80. The van der Waals surface area contributed by atoms with Crippen LogP contribution in [0.4, 0.5) is 15.8 Å². The van der Waals surface area contributed by atoms with Crippen molar-refractivity contribution in [2.24, 2.45) is 5.10 Å². The average molecular weight is 445 g/mol. The molecule has 0 saturated heterocycles. The molecule has 0 saturated carbocycles. The number of anilines is 1. The number of thioether (sulfide) groups is 1. The molecule has 0 fully saturated rings. The van der Waals surface area contributed by atoms with E-state index in [2.05, 4.69) is 36.2 Å². The van der Waals surface area contributed by atoms with Crippen molar-refractivity contribution in [1.82, 2.24) is 5.43 Å². The van der Waals surface area contributed by atoms with Crippen LogP contribution in [0.2, 0.25) is 0 Å². The quantitative estimate of drug-likeness (QED) is 0.302. The molecule has 0 radical (unpaired) electrons. The third kappa shape index (κ3) is 5.22. The molecule has 1 heterocycles. The molecular formula is C22H25FN4O3S. The molecule has 1 atom stereocenters. The van der Waals surface area contributed by atoms with Crippen LogP contribution in [0, 0.1) is 15.9 Å². The van der Waals surface area contributed by atoms with E-state index < -0.39 is 10.7 Å². The first-order valence-corrected chi connectivity index (χ1v) is 10.8. The Morgan fingerprint density at radius 3 is 2.71 bits per heavy atom. The molecule has 2 aromatic carbocycles. The van der Waals surface area contributed by atoms with Crippen LogP contribution in [0.1, 0.15) is 44.2 Å². The van der Waals surface area contributed by atoms with Gasteiger partial charge < -0.3 is 4.90 Å². The van der Waals surface area contributed by atoms with E-state index >= 15 is 0 Å². The van der Waals surface area contributed by atoms with Gasteiger partial charge in [0.25, 0.3) is 5.69 Å². The Balaban J connectivity index is 1.61. The van der Waals surface area contributed by atoms with Crippen LogP contribution in [0.3, 0.4) is 0 Å². The Bertz CT molecular complexity index is 1020. The molecule has 1 aliphatic heterocycles. The highest BCUT2D eigenvalue weighted by Gasteiger charge is 2.34. The van der Waals surface area contributed by atoms with E-state index in [-0.39, 0.29) is 28.8 Å². The molecule has 1 aliphatic rings. The van der Waals surface area contributed by atoms with Gasteiger partial charge in [0.05, 0.1) is 16.9 Å². The first-order chi connectivity index (χ1) is 14.6. The van der Waals surface area contributed by atoms with Gasteiger partial charge in [-0.1, -0.05) is 6.92 Å². The summed E-state index contributed by atoms with van der Waals surface area (Å²) in [5.41, 5.74) is 4.60. The van der Waals surface area contributed by atoms with Gasteiger partial charge in [0.1, 0.15) is 5.82 Å². The molecule has 9 heteroatoms. The SMILES string of the molecule is CC1CC(C)(C)N(C)c2cc(F)c(/C=N\NC(=O)CSc3ccc([N+](=O)[O-])cc3)cc21. The summed E-state index contributed by atoms with van der Waals surface area (Å²) >= 11 is 1.23. The highest BCUT2D eigenvalue weighted by Crippen LogP contribution is 2.43. The van der Waals surface area contributed by atoms with Crippen molar-refractivity contribution >= 4 is 35.3 Å². The van der Waals surface area contributed by atoms with Crippen molar-refractivity contribution in [3.8, 4) is 0 Å². The number of fused-ring (bicyclic) bond motifs is 1. The van der Waals surface area contributed by atoms with Crippen molar-refractivity contribution in [1.29, 1.82) is 0 Å². The third-order valence-electron chi connectivity index (χ3n) is 5.56. The molecule has 1 N–H and O–H groups in total. The smallest absolute Gasteiger partial charge is 0.269 e. The minimum atomic E-state index is -0.477. The van der Waals surface area contributed by atoms with Gasteiger partial charge in [0.15, 0.2) is 0 Å². The molecule has 0 aromatic heterocycles. The summed E-state index contributed by atoms with van der Waals surface area (Å²) in [6.07, 6.45) is 2.27. The zero-order chi connectivity index (χ0) is 22.8. The monoisotopic (exact) mass is 444 g/mol. The van der Waals surface area contributed by atoms with E-state index in [1.807, 2.05) is 7.05 Å². The van der Waals surface area contributed by atoms with E-state index in [4.69, 9.17) is 0 Å². The van der Waals surface area contributed by atoms with Crippen molar-refractivity contribution < 1.29 is 14.1 Å². The van der Waals surface area contributed by atoms with Crippen molar-refractivity contribution in [3.05, 3.63) is 63.5 Å². The number of nitro benzene ring substituents is 1. The molecular weight excluding hydrogens is 419 g/mol. The van der Waals surface area contributed by atoms with E-state index in [1.165, 1.54) is 36.2 Å². The zero-order valence-electron chi connectivity index (χ0n) is 17.9. The molecule has 164 valence electrons. The van der Waals surface area contributed by atoms with Gasteiger partial charge in [-0.25, -0.2) is 9.82 Å². The Hall–Kier alpha value is -2.94. The van der Waals surface area contributed by atoms with Gasteiger partial charge in [0, 0.05) is 40.9 Å². The number of hydrogen-bond donors (Lipinski definition) is 1. The second kappa shape index (κ2) is 9.05. The van der Waals surface area contributed by atoms with Gasteiger partial charge >= 0.3 is 0 Å². The summed E-state index contributed by atoms with van der Waals surface area (Å²) in [5.74, 6) is -0.387. The normalized spacial score (nSPS) is 17.5. The summed E-state index contributed by atoms with van der Waals surface area (Å²) in [5, 5.41) is 14.6. The number of carbonyl (C=O) groups is 1. The summed E-state index contributed by atoms with van der Waals surface area (Å²) in [6, 6.07) is 9.26. The molecule has 7 nitrogen and oxygen atoms in total. The molecule has 0 aliphatic carbocycles. The molecule has 2 aromatic rings. The Morgan fingerprint density at radius 1 is 1.39 bits per heavy atom. The number of hydrogen-bond acceptors (Lipinski definition) is 6. The Labute approximate surface area is 184 Å². The number of amides is 1. The number of hydrazone groups is 1. The van der Waals surface area contributed by atoms with Crippen LogP contribution in [0.5, 0.6) is 0 Å². The van der Waals surface area contributed by atoms with E-state index in [0.29, 0.717) is 5.56 Å². The van der Waals surface area contributed by atoms with Crippen molar-refractivity contribution in [2.75, 3.05) is 17.7 Å². The largest absolute Gasteiger partial charge is 0.369 e. The van der Waals surface area contributed by atoms with Gasteiger partial charge in [0.2, 0.25) is 5.91 Å². The van der Waals surface area contributed by atoms with Crippen LogP contribution >= 0.6 is 11.8 Å². The number of nitro groups is 1. The second-order valence-electron chi connectivity index (χ2n) is 8.24. The standard InChI is InChI=1S/C22H25FN4O3S/c1-14-11-22(2,3)26(4)20-10-19(23)15(9-18(14)20)12-24-25-21(28)13-31-17-7-5-16(6-8-17)27(29)30/h5-10,12,14H,11,13H2,1-4H3,(H,25,28)/b24-12-. The minimum Gasteiger partial charge on any atom is -0.369 e. The molecule has 1 amide bonds. The number of halogens is 1. The maximum Gasteiger partial charge on any atom is 0.269 e. The highest BCUT2D eigenvalue weighted by atomic mass is 32.2. The lowest BCUT2D eigenvalue weighted by Crippen LogP contribution is -2.45. The van der Waals surface area contributed by atoms with Crippen molar-refractivity contribution in [2.45, 2.75) is 43.5 Å². The molecule has 1 unspecified atom stereocenters. The molecule has 3 rings (SSSR count). The predicted octanol–water partition coefficient (Wildman–Crippen LogP) is 4.70. The van der Waals surface area contributed by atoms with Gasteiger partial charge in [-0.05, 0) is 56.0 Å². The lowest BCUT2D eigenvalue weighted by Gasteiger charge is -2.45. The third-order valence-corrected chi connectivity index (χ3v) is 6.57. The first kappa shape index (κ1) is 22.7. The number of non-ortho nitro benzene ring substituents is 1. The topological polar surface area (TPSA) is 87.8 Å². The average Bonchev–Trinajstić information content (AvgIpc) is 2.71. The van der Waals surface area contributed by atoms with Crippen LogP contribution in [-0.2, 0) is 4.79 Å². The zero-order valence-corrected chi connectivity index (χ0v) is 18.7. The number of benzene rings is 2. The number of rotatable bonds is 6. The lowest BCUT2D eigenvalue weighted by molar-refractivity contribution is -0.384. The van der Waals surface area contributed by atoms with E-state index in [9.17, 15) is 19.3 Å². The van der Waals surface area contributed by atoms with Crippen molar-refractivity contribution in [3.63, 3.8) is 0 Å². The highest BCUT2D eigenvalue weighted by molar-refractivity contribution is 8.00. The van der Waals surface area contributed by atoms with Crippen LogP contribution in [0.15, 0.2) is 46.4 Å². The number of carbonyl (C=O) groups excluding carboxylic acids is 1. The Morgan fingerprint density at radius 2 is 2.06 bits per heavy atom.